The van der Waals surface area contributed by atoms with Gasteiger partial charge < -0.3 is 10.2 Å². The Morgan fingerprint density at radius 1 is 0.810 bits per heavy atom. The molecule has 1 aliphatic rings. The molecule has 3 heteroatoms. The summed E-state index contributed by atoms with van der Waals surface area (Å²) < 4.78 is 0. The monoisotopic (exact) mass is 275 g/mol. The topological polar surface area (TPSA) is 52.8 Å². The van der Waals surface area contributed by atoms with E-state index in [0.717, 1.165) is 10.8 Å². The summed E-state index contributed by atoms with van der Waals surface area (Å²) in [5, 5.41) is 23.4. The molecule has 1 unspecified atom stereocenters. The molecule has 0 radical (unpaired) electrons. The number of rotatable bonds is 1. The van der Waals surface area contributed by atoms with Crippen LogP contribution in [0.5, 0.6) is 0 Å². The summed E-state index contributed by atoms with van der Waals surface area (Å²) in [5.74, 6) is -0.279. The lowest BCUT2D eigenvalue weighted by atomic mass is 9.86. The second-order valence-electron chi connectivity index (χ2n) is 5.22. The molecule has 3 nitrogen and oxygen atoms in total. The number of aliphatic imine (C=N–C) groups is 1. The Balaban J connectivity index is 1.97. The van der Waals surface area contributed by atoms with Crippen LogP contribution >= 0.6 is 0 Å². The van der Waals surface area contributed by atoms with E-state index < -0.39 is 5.60 Å². The fourth-order valence-electron chi connectivity index (χ4n) is 2.89. The highest BCUT2D eigenvalue weighted by atomic mass is 16.3. The first kappa shape index (κ1) is 12.1. The van der Waals surface area contributed by atoms with E-state index in [0.29, 0.717) is 16.8 Å². The van der Waals surface area contributed by atoms with Crippen LogP contribution in [-0.2, 0) is 5.60 Å². The van der Waals surface area contributed by atoms with Crippen molar-refractivity contribution in [3.8, 4) is 0 Å². The minimum atomic E-state index is -1.57. The van der Waals surface area contributed by atoms with Crippen LogP contribution in [0.25, 0.3) is 10.8 Å². The highest BCUT2D eigenvalue weighted by molar-refractivity contribution is 5.97. The van der Waals surface area contributed by atoms with Crippen molar-refractivity contribution in [2.24, 2.45) is 4.99 Å². The van der Waals surface area contributed by atoms with Gasteiger partial charge in [-0.2, -0.15) is 0 Å². The van der Waals surface area contributed by atoms with E-state index in [-0.39, 0.29) is 5.90 Å². The van der Waals surface area contributed by atoms with Gasteiger partial charge in [-0.25, -0.2) is 4.99 Å². The standard InChI is InChI=1S/C18H13NO2/c20-17-18(21,15-7-3-4-8-16(15)19-17)14-10-9-12-5-1-2-6-13(12)11-14/h1-11,21H,(H,19,20). The highest BCUT2D eigenvalue weighted by Crippen LogP contribution is 2.42. The van der Waals surface area contributed by atoms with Gasteiger partial charge in [0, 0.05) is 5.56 Å². The number of nitrogens with zero attached hydrogens (tertiary/aromatic N) is 1. The van der Waals surface area contributed by atoms with Crippen molar-refractivity contribution in [3.63, 3.8) is 0 Å². The number of hydrogen-bond donors (Lipinski definition) is 2. The zero-order valence-electron chi connectivity index (χ0n) is 11.2. The molecule has 0 aromatic heterocycles. The Morgan fingerprint density at radius 2 is 1.52 bits per heavy atom. The average Bonchev–Trinajstić information content (AvgIpc) is 2.79. The van der Waals surface area contributed by atoms with Crippen molar-refractivity contribution in [2.45, 2.75) is 5.60 Å². The van der Waals surface area contributed by atoms with E-state index in [4.69, 9.17) is 0 Å². The Labute approximate surface area is 121 Å². The van der Waals surface area contributed by atoms with Crippen molar-refractivity contribution in [1.82, 2.24) is 0 Å². The van der Waals surface area contributed by atoms with Crippen LogP contribution in [0.3, 0.4) is 0 Å². The Morgan fingerprint density at radius 3 is 2.38 bits per heavy atom. The largest absolute Gasteiger partial charge is 0.494 e. The molecule has 3 aromatic rings. The molecule has 0 bridgehead atoms. The zero-order valence-corrected chi connectivity index (χ0v) is 11.2. The molecule has 0 spiro atoms. The van der Waals surface area contributed by atoms with E-state index in [1.165, 1.54) is 0 Å². The summed E-state index contributed by atoms with van der Waals surface area (Å²) in [6, 6.07) is 20.8. The van der Waals surface area contributed by atoms with E-state index in [1.54, 1.807) is 12.1 Å². The van der Waals surface area contributed by atoms with Gasteiger partial charge in [0.05, 0.1) is 5.69 Å². The molecule has 4 rings (SSSR count). The van der Waals surface area contributed by atoms with Gasteiger partial charge >= 0.3 is 0 Å². The number of aliphatic hydroxyl groups is 2. The quantitative estimate of drug-likeness (QED) is 0.711. The lowest BCUT2D eigenvalue weighted by molar-refractivity contribution is 0.138. The minimum Gasteiger partial charge on any atom is -0.494 e. The van der Waals surface area contributed by atoms with Crippen molar-refractivity contribution in [2.75, 3.05) is 0 Å². The molecule has 0 saturated carbocycles. The maximum absolute atomic E-state index is 11.1. The molecule has 2 N–H and O–H groups in total. The smallest absolute Gasteiger partial charge is 0.228 e. The molecule has 1 atom stereocenters. The number of hydrogen-bond acceptors (Lipinski definition) is 2. The Bertz CT molecular complexity index is 885. The van der Waals surface area contributed by atoms with Gasteiger partial charge in [0.2, 0.25) is 5.90 Å². The summed E-state index contributed by atoms with van der Waals surface area (Å²) in [7, 11) is 0. The summed E-state index contributed by atoms with van der Waals surface area (Å²) in [6.07, 6.45) is 0. The number of para-hydroxylation sites is 1. The molecule has 102 valence electrons. The van der Waals surface area contributed by atoms with E-state index in [9.17, 15) is 10.2 Å². The third kappa shape index (κ3) is 1.61. The minimum absolute atomic E-state index is 0.279. The average molecular weight is 275 g/mol. The Hall–Kier alpha value is -2.65. The van der Waals surface area contributed by atoms with Gasteiger partial charge in [0.15, 0.2) is 5.60 Å². The second-order valence-corrected chi connectivity index (χ2v) is 5.22. The first-order chi connectivity index (χ1) is 10.2. The maximum Gasteiger partial charge on any atom is 0.228 e. The molecule has 21 heavy (non-hydrogen) atoms. The lowest BCUT2D eigenvalue weighted by Crippen LogP contribution is -2.33. The third-order valence-electron chi connectivity index (χ3n) is 4.01. The van der Waals surface area contributed by atoms with E-state index in [1.807, 2.05) is 54.6 Å². The summed E-state index contributed by atoms with van der Waals surface area (Å²) in [5.41, 5.74) is 0.261. The normalized spacial score (nSPS) is 20.3. The third-order valence-corrected chi connectivity index (χ3v) is 4.01. The number of aliphatic hydroxyl groups excluding tert-OH is 1. The molecule has 0 fully saturated rings. The van der Waals surface area contributed by atoms with Gasteiger partial charge in [-0.3, -0.25) is 0 Å². The van der Waals surface area contributed by atoms with Gasteiger partial charge in [0.25, 0.3) is 0 Å². The van der Waals surface area contributed by atoms with Gasteiger partial charge in [-0.05, 0) is 28.5 Å². The van der Waals surface area contributed by atoms with Crippen LogP contribution < -0.4 is 0 Å². The van der Waals surface area contributed by atoms with Crippen LogP contribution in [0.15, 0.2) is 71.7 Å². The maximum atomic E-state index is 11.1. The van der Waals surface area contributed by atoms with Crippen LogP contribution in [0.1, 0.15) is 11.1 Å². The first-order valence-electron chi connectivity index (χ1n) is 6.79. The van der Waals surface area contributed by atoms with Gasteiger partial charge in [-0.15, -0.1) is 0 Å². The fourth-order valence-corrected chi connectivity index (χ4v) is 2.89. The molecule has 3 aromatic carbocycles. The van der Waals surface area contributed by atoms with E-state index in [2.05, 4.69) is 4.99 Å². The summed E-state index contributed by atoms with van der Waals surface area (Å²) in [6.45, 7) is 0. The SMILES string of the molecule is OC1=Nc2ccccc2C1(O)c1ccc2ccccc2c1. The molecule has 0 amide bonds. The molecular formula is C18H13NO2. The molecular weight excluding hydrogens is 262 g/mol. The highest BCUT2D eigenvalue weighted by Gasteiger charge is 2.43. The first-order valence-corrected chi connectivity index (χ1v) is 6.79. The van der Waals surface area contributed by atoms with Gasteiger partial charge in [0.1, 0.15) is 0 Å². The van der Waals surface area contributed by atoms with E-state index >= 15 is 0 Å². The van der Waals surface area contributed by atoms with Crippen LogP contribution in [0.4, 0.5) is 5.69 Å². The number of benzene rings is 3. The zero-order chi connectivity index (χ0) is 14.4. The summed E-state index contributed by atoms with van der Waals surface area (Å²) in [4.78, 5) is 4.08. The predicted molar refractivity (Wildman–Crippen MR) is 83.1 cm³/mol. The van der Waals surface area contributed by atoms with Crippen LogP contribution in [0.2, 0.25) is 0 Å². The molecule has 0 aliphatic carbocycles. The Kier molecular flexibility index (Phi) is 2.41. The van der Waals surface area contributed by atoms with Gasteiger partial charge in [-0.1, -0.05) is 54.6 Å². The number of fused-ring (bicyclic) bond motifs is 2. The second kappa shape index (κ2) is 4.17. The van der Waals surface area contributed by atoms with Crippen molar-refractivity contribution < 1.29 is 10.2 Å². The van der Waals surface area contributed by atoms with Crippen molar-refractivity contribution in [1.29, 1.82) is 0 Å². The summed E-state index contributed by atoms with van der Waals surface area (Å²) >= 11 is 0. The van der Waals surface area contributed by atoms with Crippen molar-refractivity contribution >= 4 is 22.4 Å². The lowest BCUT2D eigenvalue weighted by Gasteiger charge is -2.23. The molecule has 1 heterocycles. The van der Waals surface area contributed by atoms with Crippen LogP contribution in [-0.4, -0.2) is 16.1 Å². The molecule has 1 aliphatic heterocycles. The fraction of sp³-hybridized carbons (Fsp3) is 0.0556. The molecule has 0 saturated heterocycles. The van der Waals surface area contributed by atoms with Crippen molar-refractivity contribution in [3.05, 3.63) is 77.9 Å². The van der Waals surface area contributed by atoms with Crippen LogP contribution in [0, 0.1) is 0 Å². The predicted octanol–water partition coefficient (Wildman–Crippen LogP) is 3.68.